The van der Waals surface area contributed by atoms with Crippen LogP contribution in [0.5, 0.6) is 0 Å². The Labute approximate surface area is 465 Å². The molecule has 76 heavy (non-hydrogen) atoms. The Bertz CT molecular complexity index is 2970. The van der Waals surface area contributed by atoms with Crippen molar-refractivity contribution in [1.82, 2.24) is 0 Å². The number of aliphatic carboxylic acids is 1. The molecule has 0 N–H and O–H groups in total. The van der Waals surface area contributed by atoms with Gasteiger partial charge in [0.2, 0.25) is 0 Å². The third kappa shape index (κ3) is 24.2. The van der Waals surface area contributed by atoms with Gasteiger partial charge in [0, 0.05) is 28.5 Å². The first-order chi connectivity index (χ1) is 36.0. The van der Waals surface area contributed by atoms with Crippen molar-refractivity contribution in [1.29, 1.82) is 0 Å². The van der Waals surface area contributed by atoms with Gasteiger partial charge in [-0.2, -0.15) is 0 Å². The maximum Gasteiger partial charge on any atom is 0.166 e. The number of carboxylic acids is 1. The number of hydrogen-bond donors (Lipinski definition) is 0. The molecular weight excluding hydrogens is 1100 g/mol. The monoisotopic (exact) mass is 1150 g/mol. The third-order valence-corrected chi connectivity index (χ3v) is 16.8. The Morgan fingerprint density at radius 2 is 0.526 bits per heavy atom. The van der Waals surface area contributed by atoms with Gasteiger partial charge in [0.05, 0.1) is 52.9 Å². The number of carbonyl (C=O) groups excluding carboxylic acids is 1. The van der Waals surface area contributed by atoms with E-state index in [0.29, 0.717) is 12.5 Å². The predicted molar refractivity (Wildman–Crippen MR) is 306 cm³/mol. The Kier molecular flexibility index (Phi) is 26.1. The fraction of sp³-hybridized carbons (Fsp3) is 0.0833. The van der Waals surface area contributed by atoms with E-state index in [1.807, 2.05) is 72.8 Å². The summed E-state index contributed by atoms with van der Waals surface area (Å²) in [5, 5.41) is 10.4. The van der Waals surface area contributed by atoms with Gasteiger partial charge in [-0.15, -0.1) is 0 Å². The number of aryl methyl sites for hydroxylation is 2. The first kappa shape index (κ1) is 62.4. The van der Waals surface area contributed by atoms with Crippen molar-refractivity contribution < 1.29 is 40.2 Å². The van der Waals surface area contributed by atoms with Crippen LogP contribution in [0.2, 0.25) is 10.0 Å². The summed E-state index contributed by atoms with van der Waals surface area (Å²) in [4.78, 5) is 20.4. The van der Waals surface area contributed by atoms with E-state index in [1.54, 1.807) is 0 Å². The van der Waals surface area contributed by atoms with Crippen LogP contribution < -0.4 is 5.11 Å². The van der Waals surface area contributed by atoms with Gasteiger partial charge in [0.25, 0.3) is 0 Å². The second-order valence-corrected chi connectivity index (χ2v) is 25.8. The maximum atomic E-state index is 13.2. The van der Waals surface area contributed by atoms with Crippen LogP contribution >= 0.6 is 23.2 Å². The first-order valence-electron chi connectivity index (χ1n) is 22.9. The highest BCUT2D eigenvalue weighted by Gasteiger charge is 2.30. The van der Waals surface area contributed by atoms with Crippen LogP contribution in [-0.2, 0) is 57.7 Å². The molecule has 9 aromatic rings. The summed E-state index contributed by atoms with van der Waals surface area (Å²) in [6, 6.07) is 82.8. The average Bonchev–Trinajstić information content (AvgIpc) is 3.38. The lowest BCUT2D eigenvalue weighted by Crippen LogP contribution is -2.16. The molecule has 9 rings (SSSR count). The van der Waals surface area contributed by atoms with Crippen molar-refractivity contribution in [2.75, 3.05) is 12.5 Å². The summed E-state index contributed by atoms with van der Waals surface area (Å²) >= 11 is 12.1. The average molecular weight is 1150 g/mol. The molecule has 16 heteroatoms. The minimum absolute atomic E-state index is 0.0229. The highest BCUT2D eigenvalue weighted by atomic mass is 35.5. The van der Waals surface area contributed by atoms with Crippen molar-refractivity contribution in [3.05, 3.63) is 270 Å². The van der Waals surface area contributed by atoms with Gasteiger partial charge in [0.15, 0.2) is 44.1 Å². The summed E-state index contributed by atoms with van der Waals surface area (Å²) in [7, 11) is -8.20. The molecule has 0 radical (unpaired) electrons. The maximum absolute atomic E-state index is 13.2. The standard InChI is InChI=1S/C19H15Cl2S.C19H17S.C18H14FS.C2H4O2.2CH4O3S/c1-14-2-8-17(9-3-14)22(18-10-4-15(20)5-11-18)19-12-6-16(21)7-13-19;1-16-12-14-19(15-13-16)20(17-8-4-2-5-9-17)18-10-6-3-7-11-18;19-15-11-13-18(14-12-15)20(16-7-3-1-4-8-16)17-9-5-2-6-10-17;1-2(3)4;2*1-5(2,3)4/h2-13H,1H3;2-15H,1H3;1-14H;1H3,(H,3,4);2*1H3,(H,2,3,4)/q3*+1;;;/p-3. The molecule has 0 amide bonds. The van der Waals surface area contributed by atoms with Crippen molar-refractivity contribution in [3.63, 3.8) is 0 Å². The van der Waals surface area contributed by atoms with Gasteiger partial charge in [-0.05, 0) is 166 Å². The lowest BCUT2D eigenvalue weighted by Gasteiger charge is -2.08. The fourth-order valence-electron chi connectivity index (χ4n) is 6.51. The van der Waals surface area contributed by atoms with Gasteiger partial charge in [-0.25, -0.2) is 21.2 Å². The van der Waals surface area contributed by atoms with Crippen molar-refractivity contribution >= 4 is 82.1 Å². The second-order valence-electron chi connectivity index (χ2n) is 16.1. The van der Waals surface area contributed by atoms with E-state index < -0.39 is 26.2 Å². The highest BCUT2D eigenvalue weighted by molar-refractivity contribution is 7.97. The number of halogens is 3. The van der Waals surface area contributed by atoms with E-state index >= 15 is 0 Å². The molecule has 8 nitrogen and oxygen atoms in total. The molecule has 0 spiro atoms. The van der Waals surface area contributed by atoms with Crippen LogP contribution in [0.3, 0.4) is 0 Å². The largest absolute Gasteiger partial charge is 0.748 e. The summed E-state index contributed by atoms with van der Waals surface area (Å²) in [5.41, 5.74) is 2.57. The second kappa shape index (κ2) is 31.8. The quantitative estimate of drug-likeness (QED) is 0.102. The zero-order chi connectivity index (χ0) is 55.7. The Morgan fingerprint density at radius 3 is 0.724 bits per heavy atom. The number of hydrogen-bond acceptors (Lipinski definition) is 8. The molecule has 0 heterocycles. The molecule has 0 aromatic heterocycles. The van der Waals surface area contributed by atoms with Crippen LogP contribution in [0.1, 0.15) is 18.1 Å². The van der Waals surface area contributed by atoms with Crippen LogP contribution in [0.4, 0.5) is 4.39 Å². The molecular formula is C60H55Cl2FO8S5. The van der Waals surface area contributed by atoms with Gasteiger partial charge in [0.1, 0.15) is 5.82 Å². The molecule has 0 bridgehead atoms. The number of carbonyl (C=O) groups is 1. The first-order valence-corrected chi connectivity index (χ1v) is 30.9. The van der Waals surface area contributed by atoms with Gasteiger partial charge in [-0.3, -0.25) is 0 Å². The van der Waals surface area contributed by atoms with E-state index in [1.165, 1.54) is 62.4 Å². The van der Waals surface area contributed by atoms with E-state index in [0.717, 1.165) is 21.9 Å². The number of carboxylic acid groups (broad SMARTS) is 1. The topological polar surface area (TPSA) is 155 Å². The van der Waals surface area contributed by atoms with Crippen molar-refractivity contribution in [2.24, 2.45) is 0 Å². The molecule has 0 saturated heterocycles. The molecule has 0 aliphatic carbocycles. The predicted octanol–water partition coefficient (Wildman–Crippen LogP) is 13.5. The molecule has 0 aliphatic rings. The highest BCUT2D eigenvalue weighted by Crippen LogP contribution is 2.34. The summed E-state index contributed by atoms with van der Waals surface area (Å²) in [5.74, 6) is -1.28. The molecule has 0 unspecified atom stereocenters. The van der Waals surface area contributed by atoms with Crippen LogP contribution in [0.25, 0.3) is 0 Å². The van der Waals surface area contributed by atoms with Crippen molar-refractivity contribution in [3.8, 4) is 0 Å². The summed E-state index contributed by atoms with van der Waals surface area (Å²) in [6.07, 6.45) is 1.21. The molecule has 394 valence electrons. The van der Waals surface area contributed by atoms with Gasteiger partial charge in [-0.1, -0.05) is 131 Å². The molecule has 9 aromatic carbocycles. The van der Waals surface area contributed by atoms with Crippen molar-refractivity contribution in [2.45, 2.75) is 64.8 Å². The van der Waals surface area contributed by atoms with E-state index in [4.69, 9.17) is 59.0 Å². The number of rotatable bonds is 9. The van der Waals surface area contributed by atoms with Gasteiger partial charge < -0.3 is 19.0 Å². The Hall–Kier alpha value is -6.17. The lowest BCUT2D eigenvalue weighted by atomic mass is 10.2. The molecule has 0 aliphatic heterocycles. The Balaban J connectivity index is 0.000000219. The van der Waals surface area contributed by atoms with Crippen LogP contribution in [0, 0.1) is 19.7 Å². The molecule has 0 atom stereocenters. The van der Waals surface area contributed by atoms with Gasteiger partial charge >= 0.3 is 0 Å². The summed E-state index contributed by atoms with van der Waals surface area (Å²) < 4.78 is 67.6. The smallest absolute Gasteiger partial charge is 0.166 e. The van der Waals surface area contributed by atoms with Crippen LogP contribution in [0.15, 0.2) is 287 Å². The lowest BCUT2D eigenvalue weighted by molar-refractivity contribution is -0.302. The van der Waals surface area contributed by atoms with E-state index in [9.17, 15) is 4.39 Å². The van der Waals surface area contributed by atoms with E-state index in [2.05, 4.69) is 172 Å². The SMILES string of the molecule is CC(=O)[O-].CS(=O)(=O)[O-].CS(=O)(=O)[O-].Cc1ccc([S+](c2ccc(Cl)cc2)c2ccc(Cl)cc2)cc1.Cc1ccc([S+](c2ccccc2)c2ccccc2)cc1.Fc1ccc([S+](c2ccccc2)c2ccccc2)cc1. The van der Waals surface area contributed by atoms with E-state index in [-0.39, 0.29) is 38.5 Å². The minimum Gasteiger partial charge on any atom is -0.748 e. The molecule has 0 saturated carbocycles. The fourth-order valence-corrected chi connectivity index (χ4v) is 13.0. The zero-order valence-electron chi connectivity index (χ0n) is 42.0. The third-order valence-electron chi connectivity index (χ3n) is 9.58. The Morgan fingerprint density at radius 1 is 0.368 bits per heavy atom. The minimum atomic E-state index is -3.92. The van der Waals surface area contributed by atoms with Crippen LogP contribution in [-0.4, -0.2) is 44.4 Å². The number of benzene rings is 9. The summed E-state index contributed by atoms with van der Waals surface area (Å²) in [6.45, 7) is 5.21. The zero-order valence-corrected chi connectivity index (χ0v) is 47.6. The normalized spacial score (nSPS) is 10.6. The molecule has 0 fully saturated rings.